The highest BCUT2D eigenvalue weighted by Gasteiger charge is 2.19. The zero-order valence-corrected chi connectivity index (χ0v) is 53.8. The molecule has 1 atom stereocenters. The number of allylic oxidation sites excluding steroid dienone is 14. The second-order valence-electron chi connectivity index (χ2n) is 23.4. The normalized spacial score (nSPS) is 12.6. The molecule has 0 amide bonds. The van der Waals surface area contributed by atoms with Gasteiger partial charge in [-0.25, -0.2) is 0 Å². The first-order valence-electron chi connectivity index (χ1n) is 35.1. The van der Waals surface area contributed by atoms with Crippen LogP contribution in [0.15, 0.2) is 85.1 Å². The maximum Gasteiger partial charge on any atom is 0.306 e. The van der Waals surface area contributed by atoms with Gasteiger partial charge in [0.25, 0.3) is 0 Å². The van der Waals surface area contributed by atoms with Gasteiger partial charge in [0.05, 0.1) is 0 Å². The number of carbonyl (C=O) groups is 3. The van der Waals surface area contributed by atoms with Crippen molar-refractivity contribution in [2.45, 2.75) is 361 Å². The van der Waals surface area contributed by atoms with Gasteiger partial charge in [0.2, 0.25) is 0 Å². The van der Waals surface area contributed by atoms with Crippen molar-refractivity contribution < 1.29 is 28.6 Å². The molecule has 0 spiro atoms. The molecule has 6 heteroatoms. The molecular weight excluding hydrogens is 997 g/mol. The molecule has 468 valence electrons. The quantitative estimate of drug-likeness (QED) is 0.0261. The third kappa shape index (κ3) is 67.3. The highest BCUT2D eigenvalue weighted by atomic mass is 16.6. The van der Waals surface area contributed by atoms with Crippen LogP contribution in [0.5, 0.6) is 0 Å². The summed E-state index contributed by atoms with van der Waals surface area (Å²) in [7, 11) is 0. The first kappa shape index (κ1) is 77.6. The van der Waals surface area contributed by atoms with Gasteiger partial charge in [-0.3, -0.25) is 14.4 Å². The molecule has 0 aliphatic heterocycles. The second-order valence-corrected chi connectivity index (χ2v) is 23.4. The van der Waals surface area contributed by atoms with Crippen LogP contribution in [0.1, 0.15) is 355 Å². The molecule has 6 nitrogen and oxygen atoms in total. The molecule has 0 saturated carbocycles. The molecule has 0 fully saturated rings. The molecule has 0 rings (SSSR count). The molecule has 0 aliphatic carbocycles. The summed E-state index contributed by atoms with van der Waals surface area (Å²) in [6.07, 6.45) is 91.7. The standard InChI is InChI=1S/C75H132O6/c1-4-7-10-13-16-19-22-25-28-31-33-34-35-36-37-38-39-40-41-42-43-45-47-50-53-56-59-62-65-68-74(77)80-71-72(70-79-73(76)67-64-61-58-55-52-49-46-30-27-24-21-18-15-12-9-6-3)81-75(78)69-66-63-60-57-54-51-48-44-32-29-26-23-20-17-14-11-8-5-2/h7,10,16,19,25,28,33-34,36-37,39-40,42-43,72H,4-6,8-9,11-15,17-18,20-24,26-27,29-32,35,38,41,44-71H2,1-3H3/b10-7-,19-16-,28-25-,34-33-,37-36-,40-39-,43-42-. The van der Waals surface area contributed by atoms with Gasteiger partial charge in [0.15, 0.2) is 6.10 Å². The fourth-order valence-corrected chi connectivity index (χ4v) is 10.2. The Morgan fingerprint density at radius 2 is 0.481 bits per heavy atom. The van der Waals surface area contributed by atoms with Crippen molar-refractivity contribution in [1.29, 1.82) is 0 Å². The van der Waals surface area contributed by atoms with Crippen molar-refractivity contribution in [3.8, 4) is 0 Å². The first-order valence-corrected chi connectivity index (χ1v) is 35.1. The summed E-state index contributed by atoms with van der Waals surface area (Å²) in [4.78, 5) is 38.4. The lowest BCUT2D eigenvalue weighted by molar-refractivity contribution is -0.167. The lowest BCUT2D eigenvalue weighted by Crippen LogP contribution is -2.30. The average molecular weight is 1130 g/mol. The number of unbranched alkanes of at least 4 members (excludes halogenated alkanes) is 39. The summed E-state index contributed by atoms with van der Waals surface area (Å²) in [6.45, 7) is 6.58. The fourth-order valence-electron chi connectivity index (χ4n) is 10.2. The topological polar surface area (TPSA) is 78.9 Å². The lowest BCUT2D eigenvalue weighted by Gasteiger charge is -2.18. The summed E-state index contributed by atoms with van der Waals surface area (Å²) < 4.78 is 17.0. The molecule has 0 N–H and O–H groups in total. The molecule has 0 aliphatic rings. The highest BCUT2D eigenvalue weighted by molar-refractivity contribution is 5.71. The van der Waals surface area contributed by atoms with Crippen LogP contribution in [0.2, 0.25) is 0 Å². The zero-order valence-electron chi connectivity index (χ0n) is 53.8. The van der Waals surface area contributed by atoms with Gasteiger partial charge in [-0.2, -0.15) is 0 Å². The molecule has 0 aromatic rings. The summed E-state index contributed by atoms with van der Waals surface area (Å²) in [5.41, 5.74) is 0. The van der Waals surface area contributed by atoms with Crippen LogP contribution in [0.25, 0.3) is 0 Å². The maximum absolute atomic E-state index is 12.9. The summed E-state index contributed by atoms with van der Waals surface area (Å²) in [5, 5.41) is 0. The molecule has 0 radical (unpaired) electrons. The molecule has 0 heterocycles. The Kier molecular flexibility index (Phi) is 66.2. The van der Waals surface area contributed by atoms with E-state index in [1.165, 1.54) is 205 Å². The highest BCUT2D eigenvalue weighted by Crippen LogP contribution is 2.18. The van der Waals surface area contributed by atoms with E-state index < -0.39 is 6.10 Å². The third-order valence-electron chi connectivity index (χ3n) is 15.4. The van der Waals surface area contributed by atoms with E-state index in [2.05, 4.69) is 106 Å². The molecule has 0 aromatic heterocycles. The van der Waals surface area contributed by atoms with E-state index in [1.54, 1.807) is 0 Å². The number of hydrogen-bond donors (Lipinski definition) is 0. The van der Waals surface area contributed by atoms with Gasteiger partial charge >= 0.3 is 17.9 Å². The van der Waals surface area contributed by atoms with E-state index in [1.807, 2.05) is 0 Å². The van der Waals surface area contributed by atoms with Crippen molar-refractivity contribution in [2.75, 3.05) is 13.2 Å². The van der Waals surface area contributed by atoms with Gasteiger partial charge in [-0.05, 0) is 77.0 Å². The number of carbonyl (C=O) groups excluding carboxylic acids is 3. The molecule has 0 aromatic carbocycles. The fraction of sp³-hybridized carbons (Fsp3) is 0.773. The summed E-state index contributed by atoms with van der Waals surface area (Å²) in [6, 6.07) is 0. The Hall–Kier alpha value is -3.41. The summed E-state index contributed by atoms with van der Waals surface area (Å²) >= 11 is 0. The lowest BCUT2D eigenvalue weighted by atomic mass is 10.0. The van der Waals surface area contributed by atoms with E-state index in [-0.39, 0.29) is 31.1 Å². The SMILES string of the molecule is CC/C=C\C/C=C\C/C=C\C/C=C\C/C=C\C/C=C\C/C=C\CCCCCCCCCC(=O)OCC(COC(=O)CCCCCCCCCCCCCCCCCC)OC(=O)CCCCCCCCCCCCCCCCCCCC. The van der Waals surface area contributed by atoms with Crippen LogP contribution in [0, 0.1) is 0 Å². The second kappa shape index (κ2) is 69.1. The number of rotatable bonds is 64. The molecule has 0 bridgehead atoms. The van der Waals surface area contributed by atoms with Crippen LogP contribution in [0.4, 0.5) is 0 Å². The van der Waals surface area contributed by atoms with Gasteiger partial charge in [0.1, 0.15) is 13.2 Å². The van der Waals surface area contributed by atoms with Crippen molar-refractivity contribution in [2.24, 2.45) is 0 Å². The molecule has 1 unspecified atom stereocenters. The van der Waals surface area contributed by atoms with Gasteiger partial charge in [-0.1, -0.05) is 343 Å². The Morgan fingerprint density at radius 1 is 0.259 bits per heavy atom. The van der Waals surface area contributed by atoms with Crippen molar-refractivity contribution in [3.05, 3.63) is 85.1 Å². The Morgan fingerprint density at radius 3 is 0.753 bits per heavy atom. The Bertz CT molecular complexity index is 1530. The van der Waals surface area contributed by atoms with Crippen molar-refractivity contribution >= 4 is 17.9 Å². The van der Waals surface area contributed by atoms with E-state index in [4.69, 9.17) is 14.2 Å². The molecule has 81 heavy (non-hydrogen) atoms. The van der Waals surface area contributed by atoms with Gasteiger partial charge in [0, 0.05) is 19.3 Å². The Labute approximate surface area is 503 Å². The first-order chi connectivity index (χ1) is 40.0. The van der Waals surface area contributed by atoms with E-state index in [0.29, 0.717) is 19.3 Å². The monoisotopic (exact) mass is 1130 g/mol. The van der Waals surface area contributed by atoms with Crippen LogP contribution >= 0.6 is 0 Å². The van der Waals surface area contributed by atoms with E-state index >= 15 is 0 Å². The van der Waals surface area contributed by atoms with Crippen molar-refractivity contribution in [3.63, 3.8) is 0 Å². The molecular formula is C75H132O6. The van der Waals surface area contributed by atoms with E-state index in [0.717, 1.165) is 109 Å². The number of ether oxygens (including phenoxy) is 3. The largest absolute Gasteiger partial charge is 0.462 e. The minimum Gasteiger partial charge on any atom is -0.462 e. The van der Waals surface area contributed by atoms with Crippen LogP contribution in [0.3, 0.4) is 0 Å². The third-order valence-corrected chi connectivity index (χ3v) is 15.4. The predicted molar refractivity (Wildman–Crippen MR) is 353 cm³/mol. The van der Waals surface area contributed by atoms with E-state index in [9.17, 15) is 14.4 Å². The zero-order chi connectivity index (χ0) is 58.5. The average Bonchev–Trinajstić information content (AvgIpc) is 3.47. The molecule has 0 saturated heterocycles. The number of esters is 3. The number of hydrogen-bond acceptors (Lipinski definition) is 6. The van der Waals surface area contributed by atoms with Gasteiger partial charge in [-0.15, -0.1) is 0 Å². The van der Waals surface area contributed by atoms with Crippen LogP contribution < -0.4 is 0 Å². The predicted octanol–water partition coefficient (Wildman–Crippen LogP) is 24.2. The maximum atomic E-state index is 12.9. The van der Waals surface area contributed by atoms with Crippen LogP contribution in [-0.4, -0.2) is 37.2 Å². The Balaban J connectivity index is 4.33. The minimum absolute atomic E-state index is 0.0743. The summed E-state index contributed by atoms with van der Waals surface area (Å²) in [5.74, 6) is -0.863. The van der Waals surface area contributed by atoms with Gasteiger partial charge < -0.3 is 14.2 Å². The smallest absolute Gasteiger partial charge is 0.306 e. The minimum atomic E-state index is -0.779. The van der Waals surface area contributed by atoms with Crippen molar-refractivity contribution in [1.82, 2.24) is 0 Å². The van der Waals surface area contributed by atoms with Crippen LogP contribution in [-0.2, 0) is 28.6 Å².